The summed E-state index contributed by atoms with van der Waals surface area (Å²) in [6.07, 6.45) is 6.81. The van der Waals surface area contributed by atoms with E-state index in [9.17, 15) is 4.79 Å². The van der Waals surface area contributed by atoms with Crippen LogP contribution < -0.4 is 5.32 Å². The third kappa shape index (κ3) is 2.62. The van der Waals surface area contributed by atoms with Crippen LogP contribution in [0.1, 0.15) is 49.8 Å². The van der Waals surface area contributed by atoms with Crippen molar-refractivity contribution in [2.45, 2.75) is 52.1 Å². The van der Waals surface area contributed by atoms with Gasteiger partial charge in [-0.05, 0) is 32.3 Å². The van der Waals surface area contributed by atoms with Gasteiger partial charge in [0, 0.05) is 24.1 Å². The van der Waals surface area contributed by atoms with Crippen molar-refractivity contribution in [3.05, 3.63) is 47.7 Å². The van der Waals surface area contributed by atoms with Crippen LogP contribution in [0.4, 0.5) is 10.6 Å². The lowest BCUT2D eigenvalue weighted by Gasteiger charge is -2.56. The Balaban J connectivity index is 1.59. The monoisotopic (exact) mass is 338 g/mol. The lowest BCUT2D eigenvalue weighted by Crippen LogP contribution is -2.60. The number of likely N-dealkylation sites (tertiary alicyclic amines) is 1. The van der Waals surface area contributed by atoms with E-state index in [1.807, 2.05) is 35.7 Å². The molecule has 2 amide bonds. The van der Waals surface area contributed by atoms with Crippen molar-refractivity contribution < 1.29 is 4.79 Å². The molecule has 1 spiro atoms. The highest BCUT2D eigenvalue weighted by Gasteiger charge is 2.55. The van der Waals surface area contributed by atoms with Gasteiger partial charge in [0.2, 0.25) is 0 Å². The molecule has 1 aromatic heterocycles. The number of anilines is 1. The molecule has 0 bridgehead atoms. The highest BCUT2D eigenvalue weighted by atomic mass is 16.2. The van der Waals surface area contributed by atoms with Gasteiger partial charge in [0.1, 0.15) is 5.82 Å². The van der Waals surface area contributed by atoms with E-state index < -0.39 is 0 Å². The number of nitrogens with one attached hydrogen (secondary N) is 1. The van der Waals surface area contributed by atoms with E-state index in [1.54, 1.807) is 0 Å². The summed E-state index contributed by atoms with van der Waals surface area (Å²) in [4.78, 5) is 15.0. The molecule has 2 aliphatic rings. The number of carbonyl (C=O) groups is 1. The molecule has 5 nitrogen and oxygen atoms in total. The largest absolute Gasteiger partial charge is 0.323 e. The fourth-order valence-electron chi connectivity index (χ4n) is 4.66. The molecule has 1 aromatic carbocycles. The molecule has 2 aromatic rings. The van der Waals surface area contributed by atoms with Crippen molar-refractivity contribution in [2.75, 3.05) is 11.9 Å². The zero-order chi connectivity index (χ0) is 17.4. The molecule has 1 aliphatic carbocycles. The van der Waals surface area contributed by atoms with E-state index in [4.69, 9.17) is 0 Å². The number of nitrogens with zero attached hydrogens (tertiary/aromatic N) is 3. The Bertz CT molecular complexity index is 761. The Hall–Kier alpha value is -2.30. The van der Waals surface area contributed by atoms with Crippen molar-refractivity contribution >= 4 is 11.8 Å². The summed E-state index contributed by atoms with van der Waals surface area (Å²) in [6.45, 7) is 5.62. The number of aryl methyl sites for hydroxylation is 2. The minimum absolute atomic E-state index is 0.00956. The van der Waals surface area contributed by atoms with Gasteiger partial charge in [0.05, 0.1) is 12.2 Å². The molecule has 2 heterocycles. The highest BCUT2D eigenvalue weighted by molar-refractivity contribution is 5.90. The fraction of sp³-hybridized carbons (Fsp3) is 0.500. The summed E-state index contributed by atoms with van der Waals surface area (Å²) >= 11 is 0. The molecule has 1 unspecified atom stereocenters. The quantitative estimate of drug-likeness (QED) is 0.904. The number of carbonyl (C=O) groups excluding carboxylic acids is 1. The average molecular weight is 338 g/mol. The summed E-state index contributed by atoms with van der Waals surface area (Å²) < 4.78 is 1.84. The SMILES string of the molecule is CCn1ncc(C)c1NC(=O)N1CC2(CCCC2)C1c1ccccc1. The molecule has 0 radical (unpaired) electrons. The van der Waals surface area contributed by atoms with Gasteiger partial charge in [-0.2, -0.15) is 5.10 Å². The predicted octanol–water partition coefficient (Wildman–Crippen LogP) is 4.36. The molecule has 132 valence electrons. The Labute approximate surface area is 149 Å². The van der Waals surface area contributed by atoms with E-state index in [1.165, 1.54) is 31.2 Å². The van der Waals surface area contributed by atoms with Crippen LogP contribution in [-0.2, 0) is 6.54 Å². The number of urea groups is 1. The van der Waals surface area contributed by atoms with Gasteiger partial charge in [0.15, 0.2) is 0 Å². The molecule has 1 aliphatic heterocycles. The number of rotatable bonds is 3. The number of amides is 2. The maximum atomic E-state index is 13.0. The molecule has 2 fully saturated rings. The van der Waals surface area contributed by atoms with E-state index >= 15 is 0 Å². The van der Waals surface area contributed by atoms with Crippen molar-refractivity contribution in [2.24, 2.45) is 5.41 Å². The van der Waals surface area contributed by atoms with Crippen molar-refractivity contribution in [1.82, 2.24) is 14.7 Å². The summed E-state index contributed by atoms with van der Waals surface area (Å²) in [5.74, 6) is 0.812. The van der Waals surface area contributed by atoms with Gasteiger partial charge in [-0.3, -0.25) is 5.32 Å². The third-order valence-electron chi connectivity index (χ3n) is 5.90. The maximum Gasteiger partial charge on any atom is 0.323 e. The molecule has 4 rings (SSSR count). The van der Waals surface area contributed by atoms with Gasteiger partial charge in [-0.25, -0.2) is 9.48 Å². The van der Waals surface area contributed by atoms with E-state index in [0.717, 1.165) is 24.5 Å². The lowest BCUT2D eigenvalue weighted by molar-refractivity contribution is -0.0353. The molecule has 25 heavy (non-hydrogen) atoms. The Kier molecular flexibility index (Phi) is 4.02. The van der Waals surface area contributed by atoms with Crippen LogP contribution in [0.25, 0.3) is 0 Å². The maximum absolute atomic E-state index is 13.0. The Morgan fingerprint density at radius 2 is 2.00 bits per heavy atom. The van der Waals surface area contributed by atoms with Crippen LogP contribution in [0, 0.1) is 12.3 Å². The number of aromatic nitrogens is 2. The van der Waals surface area contributed by atoms with Crippen LogP contribution in [0.3, 0.4) is 0 Å². The summed E-state index contributed by atoms with van der Waals surface area (Å²) in [5, 5.41) is 7.43. The van der Waals surface area contributed by atoms with E-state index in [0.29, 0.717) is 0 Å². The minimum atomic E-state index is -0.00956. The number of benzene rings is 1. The summed E-state index contributed by atoms with van der Waals surface area (Å²) in [6, 6.07) is 10.7. The first-order valence-electron chi connectivity index (χ1n) is 9.29. The fourth-order valence-corrected chi connectivity index (χ4v) is 4.66. The second-order valence-corrected chi connectivity index (χ2v) is 7.43. The van der Waals surface area contributed by atoms with Crippen molar-refractivity contribution in [1.29, 1.82) is 0 Å². The summed E-state index contributed by atoms with van der Waals surface area (Å²) in [5.41, 5.74) is 2.53. The van der Waals surface area contributed by atoms with Crippen LogP contribution in [-0.4, -0.2) is 27.3 Å². The van der Waals surface area contributed by atoms with Gasteiger partial charge in [0.25, 0.3) is 0 Å². The number of hydrogen-bond acceptors (Lipinski definition) is 2. The van der Waals surface area contributed by atoms with Gasteiger partial charge < -0.3 is 4.90 Å². The molecule has 1 saturated carbocycles. The first kappa shape index (κ1) is 16.2. The molecule has 1 atom stereocenters. The number of hydrogen-bond donors (Lipinski definition) is 1. The third-order valence-corrected chi connectivity index (χ3v) is 5.90. The molecule has 5 heteroatoms. The molecular formula is C20H26N4O. The van der Waals surface area contributed by atoms with Crippen LogP contribution in [0.15, 0.2) is 36.5 Å². The molecular weight excluding hydrogens is 312 g/mol. The smallest absolute Gasteiger partial charge is 0.316 e. The van der Waals surface area contributed by atoms with Gasteiger partial charge in [-0.1, -0.05) is 43.2 Å². The predicted molar refractivity (Wildman–Crippen MR) is 98.4 cm³/mol. The molecule has 1 N–H and O–H groups in total. The first-order chi connectivity index (χ1) is 12.1. The Morgan fingerprint density at radius 3 is 2.68 bits per heavy atom. The first-order valence-corrected chi connectivity index (χ1v) is 9.29. The summed E-state index contributed by atoms with van der Waals surface area (Å²) in [7, 11) is 0. The van der Waals surface area contributed by atoms with E-state index in [-0.39, 0.29) is 17.5 Å². The normalized spacial score (nSPS) is 21.4. The molecule has 1 saturated heterocycles. The van der Waals surface area contributed by atoms with Crippen LogP contribution in [0.5, 0.6) is 0 Å². The lowest BCUT2D eigenvalue weighted by atomic mass is 9.67. The highest BCUT2D eigenvalue weighted by Crippen LogP contribution is 2.58. The second-order valence-electron chi connectivity index (χ2n) is 7.43. The van der Waals surface area contributed by atoms with E-state index in [2.05, 4.69) is 34.7 Å². The van der Waals surface area contributed by atoms with Crippen LogP contribution in [0.2, 0.25) is 0 Å². The van der Waals surface area contributed by atoms with Gasteiger partial charge in [-0.15, -0.1) is 0 Å². The topological polar surface area (TPSA) is 50.2 Å². The zero-order valence-corrected chi connectivity index (χ0v) is 15.0. The van der Waals surface area contributed by atoms with Gasteiger partial charge >= 0.3 is 6.03 Å². The van der Waals surface area contributed by atoms with Crippen molar-refractivity contribution in [3.63, 3.8) is 0 Å². The average Bonchev–Trinajstić information content (AvgIpc) is 3.23. The van der Waals surface area contributed by atoms with Crippen molar-refractivity contribution in [3.8, 4) is 0 Å². The standard InChI is InChI=1S/C20H26N4O/c1-3-24-18(15(2)13-21-24)22-19(25)23-14-20(11-7-8-12-20)17(23)16-9-5-4-6-10-16/h4-6,9-10,13,17H,3,7-8,11-12,14H2,1-2H3,(H,22,25). The Morgan fingerprint density at radius 1 is 1.28 bits per heavy atom. The second kappa shape index (κ2) is 6.21. The van der Waals surface area contributed by atoms with Crippen LogP contribution >= 0.6 is 0 Å². The minimum Gasteiger partial charge on any atom is -0.316 e. The zero-order valence-electron chi connectivity index (χ0n) is 15.0.